The Bertz CT molecular complexity index is 299. The van der Waals surface area contributed by atoms with Gasteiger partial charge in [-0.1, -0.05) is 6.08 Å². The summed E-state index contributed by atoms with van der Waals surface area (Å²) in [5, 5.41) is 2.77. The molecule has 1 aromatic rings. The van der Waals surface area contributed by atoms with Crippen LogP contribution >= 0.6 is 11.8 Å². The summed E-state index contributed by atoms with van der Waals surface area (Å²) in [7, 11) is 1.70. The van der Waals surface area contributed by atoms with Crippen molar-refractivity contribution >= 4 is 17.4 Å². The average Bonchev–Trinajstić information content (AvgIpc) is 2.15. The van der Waals surface area contributed by atoms with Gasteiger partial charge in [-0.15, -0.1) is 18.3 Å². The second-order valence-electron chi connectivity index (χ2n) is 2.49. The molecule has 0 bridgehead atoms. The second kappa shape index (κ2) is 4.92. The van der Waals surface area contributed by atoms with Crippen molar-refractivity contribution in [3.05, 3.63) is 36.7 Å². The summed E-state index contributed by atoms with van der Waals surface area (Å²) >= 11 is 1.57. The Labute approximate surface area is 82.0 Å². The van der Waals surface area contributed by atoms with Crippen molar-refractivity contribution in [1.29, 1.82) is 0 Å². The fraction of sp³-hybridized carbons (Fsp3) is 0.200. The van der Waals surface area contributed by atoms with E-state index < -0.39 is 0 Å². The van der Waals surface area contributed by atoms with Crippen LogP contribution < -0.4 is 5.32 Å². The molecule has 0 aliphatic carbocycles. The standard InChI is InChI=1S/C10H12FNS/c1-3-6-13-8-4-5-10(12-2)9(11)7-8/h3-5,7,12H,1,6H2,2H3. The predicted octanol–water partition coefficient (Wildman–Crippen LogP) is 3.15. The van der Waals surface area contributed by atoms with Crippen molar-refractivity contribution in [2.24, 2.45) is 0 Å². The highest BCUT2D eigenvalue weighted by atomic mass is 32.2. The number of rotatable bonds is 4. The minimum Gasteiger partial charge on any atom is -0.386 e. The van der Waals surface area contributed by atoms with Crippen molar-refractivity contribution in [2.75, 3.05) is 18.1 Å². The molecule has 0 aliphatic rings. The van der Waals surface area contributed by atoms with Crippen LogP contribution in [0.25, 0.3) is 0 Å². The zero-order valence-electron chi connectivity index (χ0n) is 7.51. The van der Waals surface area contributed by atoms with Gasteiger partial charge in [0.15, 0.2) is 0 Å². The Balaban J connectivity index is 2.76. The third-order valence-electron chi connectivity index (χ3n) is 1.58. The molecule has 0 heterocycles. The summed E-state index contributed by atoms with van der Waals surface area (Å²) in [6.45, 7) is 3.60. The largest absolute Gasteiger partial charge is 0.386 e. The molecule has 1 N–H and O–H groups in total. The Morgan fingerprint density at radius 2 is 2.38 bits per heavy atom. The van der Waals surface area contributed by atoms with Gasteiger partial charge in [-0.2, -0.15) is 0 Å². The molecule has 0 saturated heterocycles. The predicted molar refractivity (Wildman–Crippen MR) is 56.9 cm³/mol. The maximum absolute atomic E-state index is 13.2. The summed E-state index contributed by atoms with van der Waals surface area (Å²) in [6.07, 6.45) is 1.80. The van der Waals surface area contributed by atoms with E-state index in [0.29, 0.717) is 5.69 Å². The molecule has 0 atom stereocenters. The summed E-state index contributed by atoms with van der Waals surface area (Å²) in [5.74, 6) is 0.592. The van der Waals surface area contributed by atoms with Crippen LogP contribution in [0.1, 0.15) is 0 Å². The number of hydrogen-bond acceptors (Lipinski definition) is 2. The van der Waals surface area contributed by atoms with Gasteiger partial charge in [-0.05, 0) is 18.2 Å². The van der Waals surface area contributed by atoms with Crippen molar-refractivity contribution < 1.29 is 4.39 Å². The van der Waals surface area contributed by atoms with E-state index in [1.807, 2.05) is 6.07 Å². The molecule has 0 amide bonds. The van der Waals surface area contributed by atoms with Crippen LogP contribution in [0.4, 0.5) is 10.1 Å². The first kappa shape index (κ1) is 10.1. The van der Waals surface area contributed by atoms with Gasteiger partial charge in [0.05, 0.1) is 5.69 Å². The first-order valence-corrected chi connectivity index (χ1v) is 4.97. The van der Waals surface area contributed by atoms with Crippen LogP contribution in [0.3, 0.4) is 0 Å². The number of benzene rings is 1. The Morgan fingerprint density at radius 1 is 1.62 bits per heavy atom. The molecule has 1 nitrogen and oxygen atoms in total. The molecular formula is C10H12FNS. The number of nitrogens with one attached hydrogen (secondary N) is 1. The molecule has 1 rings (SSSR count). The Kier molecular flexibility index (Phi) is 3.83. The van der Waals surface area contributed by atoms with Crippen molar-refractivity contribution in [2.45, 2.75) is 4.90 Å². The molecule has 70 valence electrons. The van der Waals surface area contributed by atoms with Crippen LogP contribution in [0.5, 0.6) is 0 Å². The van der Waals surface area contributed by atoms with E-state index in [-0.39, 0.29) is 5.82 Å². The normalized spacial score (nSPS) is 9.69. The molecule has 0 spiro atoms. The van der Waals surface area contributed by atoms with E-state index in [0.717, 1.165) is 10.6 Å². The fourth-order valence-electron chi connectivity index (χ4n) is 0.944. The third kappa shape index (κ3) is 2.77. The molecule has 0 saturated carbocycles. The van der Waals surface area contributed by atoms with Crippen molar-refractivity contribution in [3.63, 3.8) is 0 Å². The molecule has 1 aromatic carbocycles. The highest BCUT2D eigenvalue weighted by molar-refractivity contribution is 7.99. The zero-order valence-corrected chi connectivity index (χ0v) is 8.33. The smallest absolute Gasteiger partial charge is 0.147 e. The molecule has 13 heavy (non-hydrogen) atoms. The van der Waals surface area contributed by atoms with Gasteiger partial charge in [-0.25, -0.2) is 4.39 Å². The molecular weight excluding hydrogens is 185 g/mol. The van der Waals surface area contributed by atoms with Crippen LogP contribution in [0.2, 0.25) is 0 Å². The van der Waals surface area contributed by atoms with E-state index in [4.69, 9.17) is 0 Å². The minimum absolute atomic E-state index is 0.212. The summed E-state index contributed by atoms with van der Waals surface area (Å²) in [5.41, 5.74) is 0.531. The third-order valence-corrected chi connectivity index (χ3v) is 2.57. The van der Waals surface area contributed by atoms with Gasteiger partial charge in [0.25, 0.3) is 0 Å². The minimum atomic E-state index is -0.212. The van der Waals surface area contributed by atoms with Crippen molar-refractivity contribution in [1.82, 2.24) is 0 Å². The lowest BCUT2D eigenvalue weighted by molar-refractivity contribution is 0.628. The quantitative estimate of drug-likeness (QED) is 0.588. The monoisotopic (exact) mass is 197 g/mol. The van der Waals surface area contributed by atoms with Gasteiger partial charge in [0.1, 0.15) is 5.82 Å². The number of anilines is 1. The second-order valence-corrected chi connectivity index (χ2v) is 3.58. The number of hydrogen-bond donors (Lipinski definition) is 1. The topological polar surface area (TPSA) is 12.0 Å². The maximum atomic E-state index is 13.2. The summed E-state index contributed by atoms with van der Waals surface area (Å²) in [4.78, 5) is 0.927. The SMILES string of the molecule is C=CCSc1ccc(NC)c(F)c1. The Hall–Kier alpha value is -0.960. The van der Waals surface area contributed by atoms with Crippen LogP contribution in [0, 0.1) is 5.82 Å². The van der Waals surface area contributed by atoms with Crippen LogP contribution in [-0.4, -0.2) is 12.8 Å². The van der Waals surface area contributed by atoms with Gasteiger partial charge in [-0.3, -0.25) is 0 Å². The lowest BCUT2D eigenvalue weighted by Crippen LogP contribution is -1.91. The lowest BCUT2D eigenvalue weighted by atomic mass is 10.3. The summed E-state index contributed by atoms with van der Waals surface area (Å²) < 4.78 is 13.2. The van der Waals surface area contributed by atoms with Crippen molar-refractivity contribution in [3.8, 4) is 0 Å². The maximum Gasteiger partial charge on any atom is 0.147 e. The highest BCUT2D eigenvalue weighted by Gasteiger charge is 2.00. The van der Waals surface area contributed by atoms with E-state index >= 15 is 0 Å². The van der Waals surface area contributed by atoms with Gasteiger partial charge >= 0.3 is 0 Å². The molecule has 0 radical (unpaired) electrons. The van der Waals surface area contributed by atoms with E-state index in [1.54, 1.807) is 31.0 Å². The average molecular weight is 197 g/mol. The molecule has 0 unspecified atom stereocenters. The zero-order chi connectivity index (χ0) is 9.68. The number of halogens is 1. The molecule has 0 fully saturated rings. The van der Waals surface area contributed by atoms with Gasteiger partial charge in [0.2, 0.25) is 0 Å². The molecule has 3 heteroatoms. The molecule has 0 aromatic heterocycles. The van der Waals surface area contributed by atoms with E-state index in [2.05, 4.69) is 11.9 Å². The first-order chi connectivity index (χ1) is 6.27. The van der Waals surface area contributed by atoms with Crippen LogP contribution in [0.15, 0.2) is 35.7 Å². The van der Waals surface area contributed by atoms with Gasteiger partial charge < -0.3 is 5.32 Å². The van der Waals surface area contributed by atoms with Crippen LogP contribution in [-0.2, 0) is 0 Å². The molecule has 0 aliphatic heterocycles. The Morgan fingerprint density at radius 3 is 2.92 bits per heavy atom. The fourth-order valence-corrected chi connectivity index (χ4v) is 1.60. The lowest BCUT2D eigenvalue weighted by Gasteiger charge is -2.03. The van der Waals surface area contributed by atoms with E-state index in [9.17, 15) is 4.39 Å². The van der Waals surface area contributed by atoms with Gasteiger partial charge in [0, 0.05) is 17.7 Å². The first-order valence-electron chi connectivity index (χ1n) is 3.99. The van der Waals surface area contributed by atoms with E-state index in [1.165, 1.54) is 6.07 Å². The summed E-state index contributed by atoms with van der Waals surface area (Å²) in [6, 6.07) is 5.16. The highest BCUT2D eigenvalue weighted by Crippen LogP contribution is 2.22. The number of thioether (sulfide) groups is 1.